The van der Waals surface area contributed by atoms with E-state index in [4.69, 9.17) is 37.4 Å². The van der Waals surface area contributed by atoms with E-state index >= 15 is 0 Å². The van der Waals surface area contributed by atoms with Crippen LogP contribution in [0.15, 0.2) is 42.5 Å². The van der Waals surface area contributed by atoms with E-state index in [1.54, 1.807) is 25.3 Å². The smallest absolute Gasteiger partial charge is 0.121 e. The van der Waals surface area contributed by atoms with Gasteiger partial charge in [0, 0.05) is 18.7 Å². The maximum absolute atomic E-state index is 10.3. The Morgan fingerprint density at radius 2 is 1.69 bits per heavy atom. The van der Waals surface area contributed by atoms with Crippen LogP contribution in [0.5, 0.6) is 17.2 Å². The molecule has 6 nitrogen and oxygen atoms in total. The van der Waals surface area contributed by atoms with Gasteiger partial charge < -0.3 is 29.5 Å². The Bertz CT molecular complexity index is 814. The zero-order valence-electron chi connectivity index (χ0n) is 18.4. The fraction of sp³-hybridized carbons (Fsp3) is 0.500. The molecule has 1 unspecified atom stereocenters. The molecule has 1 saturated heterocycles. The van der Waals surface area contributed by atoms with Crippen molar-refractivity contribution >= 4 is 23.2 Å². The summed E-state index contributed by atoms with van der Waals surface area (Å²) >= 11 is 11.9. The molecule has 0 aliphatic carbocycles. The van der Waals surface area contributed by atoms with Crippen LogP contribution in [0.25, 0.3) is 0 Å². The van der Waals surface area contributed by atoms with Crippen molar-refractivity contribution in [1.29, 1.82) is 0 Å². The standard InChI is InChI=1S/C24H32Cl2N2O4/c1-30-20-3-5-21(6-4-20)31-14-2-11-27-18-9-12-28(13-10-18)16-19(29)17-32-22-7-8-23(25)24(26)15-22/h3-8,15,18-19,27,29H,2,9-14,16-17H2,1H3. The van der Waals surface area contributed by atoms with Gasteiger partial charge in [-0.25, -0.2) is 0 Å². The van der Waals surface area contributed by atoms with E-state index in [1.807, 2.05) is 24.3 Å². The van der Waals surface area contributed by atoms with Crippen molar-refractivity contribution in [2.45, 2.75) is 31.4 Å². The Kier molecular flexibility index (Phi) is 10.2. The number of hydrogen-bond donors (Lipinski definition) is 2. The van der Waals surface area contributed by atoms with Crippen molar-refractivity contribution in [3.63, 3.8) is 0 Å². The summed E-state index contributed by atoms with van der Waals surface area (Å²) in [7, 11) is 1.65. The number of β-amino-alcohol motifs (C(OH)–C–C–N with tert-alkyl or cyclic N) is 1. The molecule has 1 heterocycles. The van der Waals surface area contributed by atoms with Crippen molar-refractivity contribution in [1.82, 2.24) is 10.2 Å². The molecular formula is C24H32Cl2N2O4. The molecule has 0 spiro atoms. The summed E-state index contributed by atoms with van der Waals surface area (Å²) in [5, 5.41) is 14.9. The number of aliphatic hydroxyl groups is 1. The van der Waals surface area contributed by atoms with Crippen LogP contribution in [0.3, 0.4) is 0 Å². The summed E-state index contributed by atoms with van der Waals surface area (Å²) in [6.45, 7) is 4.37. The summed E-state index contributed by atoms with van der Waals surface area (Å²) in [5.41, 5.74) is 0. The third-order valence-corrected chi connectivity index (χ3v) is 6.21. The number of methoxy groups -OCH3 is 1. The molecule has 0 aromatic heterocycles. The van der Waals surface area contributed by atoms with Gasteiger partial charge in [-0.1, -0.05) is 23.2 Å². The van der Waals surface area contributed by atoms with Gasteiger partial charge >= 0.3 is 0 Å². The molecule has 8 heteroatoms. The molecule has 1 fully saturated rings. The van der Waals surface area contributed by atoms with Crippen molar-refractivity contribution in [3.8, 4) is 17.2 Å². The minimum absolute atomic E-state index is 0.227. The zero-order valence-corrected chi connectivity index (χ0v) is 19.9. The van der Waals surface area contributed by atoms with Crippen LogP contribution in [-0.2, 0) is 0 Å². The van der Waals surface area contributed by atoms with Crippen molar-refractivity contribution < 1.29 is 19.3 Å². The predicted octanol–water partition coefficient (Wildman–Crippen LogP) is 4.26. The number of hydrogen-bond acceptors (Lipinski definition) is 6. The first-order valence-corrected chi connectivity index (χ1v) is 11.8. The molecule has 2 N–H and O–H groups in total. The normalized spacial score (nSPS) is 16.0. The lowest BCUT2D eigenvalue weighted by atomic mass is 10.0. The third-order valence-electron chi connectivity index (χ3n) is 5.47. The number of nitrogens with zero attached hydrogens (tertiary/aromatic N) is 1. The Morgan fingerprint density at radius 1 is 1.00 bits per heavy atom. The number of nitrogens with one attached hydrogen (secondary N) is 1. The number of piperidine rings is 1. The van der Waals surface area contributed by atoms with Crippen LogP contribution in [0.2, 0.25) is 10.0 Å². The quantitative estimate of drug-likeness (QED) is 0.440. The van der Waals surface area contributed by atoms with Gasteiger partial charge in [-0.3, -0.25) is 0 Å². The highest BCUT2D eigenvalue weighted by molar-refractivity contribution is 6.42. The second-order valence-corrected chi connectivity index (χ2v) is 8.76. The second kappa shape index (κ2) is 13.1. The molecule has 2 aromatic carbocycles. The fourth-order valence-electron chi connectivity index (χ4n) is 3.67. The van der Waals surface area contributed by atoms with Crippen LogP contribution in [-0.4, -0.2) is 68.7 Å². The average molecular weight is 483 g/mol. The summed E-state index contributed by atoms with van der Waals surface area (Å²) < 4.78 is 16.5. The van der Waals surface area contributed by atoms with Crippen LogP contribution in [0, 0.1) is 0 Å². The summed E-state index contributed by atoms with van der Waals surface area (Å²) in [6, 6.07) is 13.3. The van der Waals surface area contributed by atoms with E-state index in [2.05, 4.69) is 10.2 Å². The molecule has 0 amide bonds. The first kappa shape index (κ1) is 24.9. The lowest BCUT2D eigenvalue weighted by Gasteiger charge is -2.33. The van der Waals surface area contributed by atoms with Gasteiger partial charge in [-0.2, -0.15) is 0 Å². The molecule has 0 radical (unpaired) electrons. The molecule has 3 rings (SSSR count). The van der Waals surface area contributed by atoms with Gasteiger partial charge in [0.2, 0.25) is 0 Å². The summed E-state index contributed by atoms with van der Waals surface area (Å²) in [6.07, 6.45) is 2.54. The number of aliphatic hydroxyl groups excluding tert-OH is 1. The van der Waals surface area contributed by atoms with Crippen LogP contribution >= 0.6 is 23.2 Å². The van der Waals surface area contributed by atoms with E-state index in [9.17, 15) is 5.11 Å². The van der Waals surface area contributed by atoms with E-state index < -0.39 is 6.10 Å². The molecule has 32 heavy (non-hydrogen) atoms. The molecule has 176 valence electrons. The van der Waals surface area contributed by atoms with E-state index in [1.165, 1.54) is 0 Å². The lowest BCUT2D eigenvalue weighted by Crippen LogP contribution is -2.46. The average Bonchev–Trinajstić information content (AvgIpc) is 2.81. The molecule has 0 saturated carbocycles. The van der Waals surface area contributed by atoms with Gasteiger partial charge in [-0.05, 0) is 75.3 Å². The highest BCUT2D eigenvalue weighted by atomic mass is 35.5. The first-order chi connectivity index (χ1) is 15.5. The number of rotatable bonds is 12. The second-order valence-electron chi connectivity index (χ2n) is 7.95. The molecule has 0 bridgehead atoms. The lowest BCUT2D eigenvalue weighted by molar-refractivity contribution is 0.0578. The Morgan fingerprint density at radius 3 is 2.38 bits per heavy atom. The summed E-state index contributed by atoms with van der Waals surface area (Å²) in [4.78, 5) is 2.29. The molecule has 1 atom stereocenters. The van der Waals surface area contributed by atoms with E-state index in [0.29, 0.717) is 35.0 Å². The molecule has 2 aromatic rings. The van der Waals surface area contributed by atoms with Crippen molar-refractivity contribution in [2.75, 3.05) is 46.5 Å². The number of halogens is 2. The minimum atomic E-state index is -0.552. The topological polar surface area (TPSA) is 63.2 Å². The molecule has 1 aliphatic heterocycles. The number of ether oxygens (including phenoxy) is 3. The summed E-state index contributed by atoms with van der Waals surface area (Å²) in [5.74, 6) is 2.30. The van der Waals surface area contributed by atoms with Crippen molar-refractivity contribution in [2.24, 2.45) is 0 Å². The highest BCUT2D eigenvalue weighted by Gasteiger charge is 2.21. The number of likely N-dealkylation sites (tertiary alicyclic amines) is 1. The minimum Gasteiger partial charge on any atom is -0.497 e. The van der Waals surface area contributed by atoms with Crippen molar-refractivity contribution in [3.05, 3.63) is 52.5 Å². The predicted molar refractivity (Wildman–Crippen MR) is 129 cm³/mol. The first-order valence-electron chi connectivity index (χ1n) is 11.0. The van der Waals surface area contributed by atoms with Crippen LogP contribution in [0.1, 0.15) is 19.3 Å². The maximum Gasteiger partial charge on any atom is 0.121 e. The van der Waals surface area contributed by atoms with Gasteiger partial charge in [0.05, 0.1) is 23.8 Å². The fourth-order valence-corrected chi connectivity index (χ4v) is 3.96. The molecular weight excluding hydrogens is 451 g/mol. The van der Waals surface area contributed by atoms with Crippen LogP contribution < -0.4 is 19.5 Å². The zero-order chi connectivity index (χ0) is 22.8. The van der Waals surface area contributed by atoms with E-state index in [-0.39, 0.29) is 6.61 Å². The Balaban J connectivity index is 1.24. The van der Waals surface area contributed by atoms with Gasteiger partial charge in [-0.15, -0.1) is 0 Å². The van der Waals surface area contributed by atoms with Crippen LogP contribution in [0.4, 0.5) is 0 Å². The monoisotopic (exact) mass is 482 g/mol. The SMILES string of the molecule is COc1ccc(OCCCNC2CCN(CC(O)COc3ccc(Cl)c(Cl)c3)CC2)cc1. The van der Waals surface area contributed by atoms with Gasteiger partial charge in [0.15, 0.2) is 0 Å². The Hall–Kier alpha value is -1.70. The Labute approximate surface area is 200 Å². The largest absolute Gasteiger partial charge is 0.497 e. The maximum atomic E-state index is 10.3. The molecule has 1 aliphatic rings. The van der Waals surface area contributed by atoms with Gasteiger partial charge in [0.25, 0.3) is 0 Å². The van der Waals surface area contributed by atoms with Gasteiger partial charge in [0.1, 0.15) is 30.0 Å². The highest BCUT2D eigenvalue weighted by Crippen LogP contribution is 2.26. The number of benzene rings is 2. The third kappa shape index (κ3) is 8.34. The van der Waals surface area contributed by atoms with E-state index in [0.717, 1.165) is 50.4 Å².